The van der Waals surface area contributed by atoms with E-state index in [2.05, 4.69) is 41.1 Å². The van der Waals surface area contributed by atoms with Crippen molar-refractivity contribution >= 4 is 27.5 Å². The van der Waals surface area contributed by atoms with Gasteiger partial charge in [-0.15, -0.1) is 0 Å². The fourth-order valence-electron chi connectivity index (χ4n) is 3.67. The fourth-order valence-corrected chi connectivity index (χ4v) is 4.32. The highest BCUT2D eigenvalue weighted by molar-refractivity contribution is 9.10. The topological polar surface area (TPSA) is 29.5 Å². The summed E-state index contributed by atoms with van der Waals surface area (Å²) in [5.74, 6) is 0.798. The van der Waals surface area contributed by atoms with Crippen molar-refractivity contribution in [3.05, 3.63) is 40.4 Å². The molecule has 4 heteroatoms. The van der Waals surface area contributed by atoms with Crippen molar-refractivity contribution in [3.63, 3.8) is 0 Å². The number of benzene rings is 1. The number of carbonyl (C=O) groups is 1. The Morgan fingerprint density at radius 1 is 1.41 bits per heavy atom. The van der Waals surface area contributed by atoms with Gasteiger partial charge in [0.05, 0.1) is 12.3 Å². The SMILES string of the molecule is C[C@@H]1C=CCCO[C@]12C(=O)N(CC1CC1)c1cccc(Br)c12. The summed E-state index contributed by atoms with van der Waals surface area (Å²) in [6, 6.07) is 6.07. The van der Waals surface area contributed by atoms with Gasteiger partial charge in [-0.25, -0.2) is 0 Å². The second-order valence-electron chi connectivity index (χ2n) is 6.58. The molecular formula is C18H20BrNO2. The van der Waals surface area contributed by atoms with Gasteiger partial charge in [0, 0.05) is 22.5 Å². The first kappa shape index (κ1) is 14.5. The molecule has 2 heterocycles. The van der Waals surface area contributed by atoms with Gasteiger partial charge in [0.15, 0.2) is 5.60 Å². The van der Waals surface area contributed by atoms with E-state index in [0.29, 0.717) is 12.5 Å². The van der Waals surface area contributed by atoms with Crippen molar-refractivity contribution in [3.8, 4) is 0 Å². The Kier molecular flexibility index (Phi) is 3.42. The second kappa shape index (κ2) is 5.20. The van der Waals surface area contributed by atoms with Crippen LogP contribution in [0.1, 0.15) is 31.7 Å². The molecule has 2 aliphatic heterocycles. The Morgan fingerprint density at radius 3 is 3.00 bits per heavy atom. The summed E-state index contributed by atoms with van der Waals surface area (Å²) in [5, 5.41) is 0. The van der Waals surface area contributed by atoms with Gasteiger partial charge in [-0.2, -0.15) is 0 Å². The van der Waals surface area contributed by atoms with Crippen molar-refractivity contribution in [1.29, 1.82) is 0 Å². The third-order valence-electron chi connectivity index (χ3n) is 5.03. The summed E-state index contributed by atoms with van der Waals surface area (Å²) in [7, 11) is 0. The van der Waals surface area contributed by atoms with Crippen LogP contribution in [-0.2, 0) is 15.1 Å². The van der Waals surface area contributed by atoms with E-state index in [1.165, 1.54) is 12.8 Å². The zero-order chi connectivity index (χ0) is 15.3. The van der Waals surface area contributed by atoms with Gasteiger partial charge in [0.2, 0.25) is 0 Å². The molecule has 0 unspecified atom stereocenters. The minimum absolute atomic E-state index is 0.0316. The number of hydrogen-bond acceptors (Lipinski definition) is 2. The van der Waals surface area contributed by atoms with Crippen LogP contribution in [0.15, 0.2) is 34.8 Å². The number of amides is 1. The van der Waals surface area contributed by atoms with Crippen LogP contribution in [0.2, 0.25) is 0 Å². The van der Waals surface area contributed by atoms with Gasteiger partial charge in [-0.3, -0.25) is 4.79 Å². The number of fused-ring (bicyclic) bond motifs is 2. The lowest BCUT2D eigenvalue weighted by Gasteiger charge is -2.32. The first-order valence-corrected chi connectivity index (χ1v) is 8.85. The standard InChI is InChI=1S/C18H20BrNO2/c1-12-5-2-3-10-22-18(12)16-14(19)6-4-7-15(16)20(17(18)21)11-13-8-9-13/h2,4-7,12-13H,3,8-11H2,1H3/t12-,18-/m1/s1. The fraction of sp³-hybridized carbons (Fsp3) is 0.500. The molecule has 1 saturated carbocycles. The number of halogens is 1. The van der Waals surface area contributed by atoms with E-state index in [0.717, 1.165) is 28.7 Å². The molecule has 3 aliphatic rings. The lowest BCUT2D eigenvalue weighted by molar-refractivity contribution is -0.148. The van der Waals surface area contributed by atoms with E-state index in [4.69, 9.17) is 4.74 Å². The van der Waals surface area contributed by atoms with Crippen LogP contribution >= 0.6 is 15.9 Å². The van der Waals surface area contributed by atoms with E-state index < -0.39 is 5.60 Å². The monoisotopic (exact) mass is 361 g/mol. The molecule has 1 aromatic rings. The molecule has 0 aromatic heterocycles. The Balaban J connectivity index is 1.88. The summed E-state index contributed by atoms with van der Waals surface area (Å²) in [4.78, 5) is 15.3. The smallest absolute Gasteiger partial charge is 0.264 e. The third-order valence-corrected chi connectivity index (χ3v) is 5.70. The molecule has 3 nitrogen and oxygen atoms in total. The van der Waals surface area contributed by atoms with Crippen molar-refractivity contribution in [2.45, 2.75) is 31.8 Å². The number of nitrogens with zero attached hydrogens (tertiary/aromatic N) is 1. The lowest BCUT2D eigenvalue weighted by Crippen LogP contribution is -2.46. The van der Waals surface area contributed by atoms with Crippen LogP contribution in [0.25, 0.3) is 0 Å². The van der Waals surface area contributed by atoms with Crippen LogP contribution in [-0.4, -0.2) is 19.1 Å². The maximum Gasteiger partial charge on any atom is 0.264 e. The minimum atomic E-state index is -0.864. The highest BCUT2D eigenvalue weighted by Crippen LogP contribution is 2.52. The Hall–Kier alpha value is -1.13. The van der Waals surface area contributed by atoms with E-state index in [1.807, 2.05) is 17.0 Å². The zero-order valence-electron chi connectivity index (χ0n) is 12.7. The molecule has 0 bridgehead atoms. The van der Waals surface area contributed by atoms with Crippen molar-refractivity contribution in [2.24, 2.45) is 11.8 Å². The van der Waals surface area contributed by atoms with E-state index in [1.54, 1.807) is 0 Å². The molecule has 0 radical (unpaired) electrons. The molecule has 22 heavy (non-hydrogen) atoms. The predicted molar refractivity (Wildman–Crippen MR) is 89.8 cm³/mol. The van der Waals surface area contributed by atoms with E-state index in [-0.39, 0.29) is 11.8 Å². The molecule has 0 saturated heterocycles. The molecule has 1 aromatic carbocycles. The number of ether oxygens (including phenoxy) is 1. The van der Waals surface area contributed by atoms with Gasteiger partial charge in [0.25, 0.3) is 5.91 Å². The van der Waals surface area contributed by atoms with Crippen LogP contribution in [0.5, 0.6) is 0 Å². The third kappa shape index (κ3) is 2.00. The van der Waals surface area contributed by atoms with Gasteiger partial charge >= 0.3 is 0 Å². The summed E-state index contributed by atoms with van der Waals surface area (Å²) in [6.07, 6.45) is 7.59. The quantitative estimate of drug-likeness (QED) is 0.744. The second-order valence-corrected chi connectivity index (χ2v) is 7.44. The Labute approximate surface area is 139 Å². The van der Waals surface area contributed by atoms with Crippen molar-refractivity contribution < 1.29 is 9.53 Å². The van der Waals surface area contributed by atoms with Crippen LogP contribution < -0.4 is 4.90 Å². The van der Waals surface area contributed by atoms with Gasteiger partial charge in [-0.05, 0) is 37.3 Å². The van der Waals surface area contributed by atoms with Crippen molar-refractivity contribution in [2.75, 3.05) is 18.1 Å². The highest BCUT2D eigenvalue weighted by atomic mass is 79.9. The molecule has 2 atom stereocenters. The maximum absolute atomic E-state index is 13.4. The summed E-state index contributed by atoms with van der Waals surface area (Å²) in [5.41, 5.74) is 1.17. The highest BCUT2D eigenvalue weighted by Gasteiger charge is 2.56. The molecular weight excluding hydrogens is 342 g/mol. The molecule has 1 spiro atoms. The molecule has 116 valence electrons. The van der Waals surface area contributed by atoms with Gasteiger partial charge in [0.1, 0.15) is 0 Å². The van der Waals surface area contributed by atoms with Crippen LogP contribution in [0, 0.1) is 11.8 Å². The van der Waals surface area contributed by atoms with Gasteiger partial charge < -0.3 is 9.64 Å². The molecule has 0 N–H and O–H groups in total. The Morgan fingerprint density at radius 2 is 2.23 bits per heavy atom. The van der Waals surface area contributed by atoms with Gasteiger partial charge in [-0.1, -0.05) is 41.1 Å². The average Bonchev–Trinajstić information content (AvgIpc) is 3.29. The lowest BCUT2D eigenvalue weighted by atomic mass is 9.83. The summed E-state index contributed by atoms with van der Waals surface area (Å²) < 4.78 is 7.20. The summed E-state index contributed by atoms with van der Waals surface area (Å²) >= 11 is 3.66. The number of hydrogen-bond donors (Lipinski definition) is 0. The summed E-state index contributed by atoms with van der Waals surface area (Å²) in [6.45, 7) is 3.50. The molecule has 1 amide bonds. The van der Waals surface area contributed by atoms with Crippen LogP contribution in [0.4, 0.5) is 5.69 Å². The Bertz CT molecular complexity index is 652. The molecule has 1 aliphatic carbocycles. The zero-order valence-corrected chi connectivity index (χ0v) is 14.3. The van der Waals surface area contributed by atoms with E-state index in [9.17, 15) is 4.79 Å². The first-order valence-electron chi connectivity index (χ1n) is 8.06. The van der Waals surface area contributed by atoms with Crippen molar-refractivity contribution in [1.82, 2.24) is 0 Å². The average molecular weight is 362 g/mol. The minimum Gasteiger partial charge on any atom is -0.359 e. The largest absolute Gasteiger partial charge is 0.359 e. The van der Waals surface area contributed by atoms with Crippen LogP contribution in [0.3, 0.4) is 0 Å². The maximum atomic E-state index is 13.4. The number of anilines is 1. The predicted octanol–water partition coefficient (Wildman–Crippen LogP) is 4.01. The molecule has 4 rings (SSSR count). The first-order chi connectivity index (χ1) is 10.6. The normalized spacial score (nSPS) is 30.7. The van der Waals surface area contributed by atoms with E-state index >= 15 is 0 Å². The number of rotatable bonds is 2. The molecule has 1 fully saturated rings. The number of carbonyl (C=O) groups excluding carboxylic acids is 1.